The summed E-state index contributed by atoms with van der Waals surface area (Å²) in [6.45, 7) is 6.22. The van der Waals surface area contributed by atoms with Gasteiger partial charge in [-0.2, -0.15) is 0 Å². The van der Waals surface area contributed by atoms with Crippen LogP contribution in [0, 0.1) is 12.7 Å². The summed E-state index contributed by atoms with van der Waals surface area (Å²) >= 11 is 0. The lowest BCUT2D eigenvalue weighted by atomic mass is 10.1. The normalized spacial score (nSPS) is 11.1. The number of amides is 1. The summed E-state index contributed by atoms with van der Waals surface area (Å²) in [6, 6.07) is 11.8. The van der Waals surface area contributed by atoms with E-state index in [1.807, 2.05) is 13.8 Å². The molecule has 2 aromatic rings. The number of hydrogen-bond acceptors (Lipinski definition) is 3. The minimum atomic E-state index is -0.221. The highest BCUT2D eigenvalue weighted by Gasteiger charge is 2.05. The Morgan fingerprint density at radius 3 is 2.45 bits per heavy atom. The number of nitrogens with zero attached hydrogens (tertiary/aromatic N) is 1. The molecule has 0 aromatic heterocycles. The number of halogens is 1. The van der Waals surface area contributed by atoms with Crippen molar-refractivity contribution in [3.05, 3.63) is 65.0 Å². The molecule has 0 spiro atoms. The van der Waals surface area contributed by atoms with Crippen LogP contribution in [0.25, 0.3) is 0 Å². The van der Waals surface area contributed by atoms with E-state index in [-0.39, 0.29) is 11.7 Å². The van der Waals surface area contributed by atoms with Gasteiger partial charge in [0.1, 0.15) is 11.6 Å². The second-order valence-corrected chi connectivity index (χ2v) is 6.49. The maximum Gasteiger partial charge on any atom is 0.251 e. The van der Waals surface area contributed by atoms with Gasteiger partial charge in [0, 0.05) is 31.7 Å². The number of hydrogen-bond donors (Lipinski definition) is 3. The number of methoxy groups -OCH3 is 1. The lowest BCUT2D eigenvalue weighted by Crippen LogP contribution is -2.41. The monoisotopic (exact) mass is 400 g/mol. The Labute approximate surface area is 171 Å². The van der Waals surface area contributed by atoms with Crippen molar-refractivity contribution in [2.24, 2.45) is 4.99 Å². The van der Waals surface area contributed by atoms with Gasteiger partial charge in [0.25, 0.3) is 5.91 Å². The third-order valence-corrected chi connectivity index (χ3v) is 4.36. The van der Waals surface area contributed by atoms with Crippen LogP contribution in [0.3, 0.4) is 0 Å². The molecule has 0 unspecified atom stereocenters. The Morgan fingerprint density at radius 2 is 1.79 bits per heavy atom. The topological polar surface area (TPSA) is 74.8 Å². The number of aliphatic imine (C=N–C) groups is 1. The van der Waals surface area contributed by atoms with Crippen LogP contribution in [0.1, 0.15) is 28.4 Å². The molecular formula is C22H29FN4O2. The Balaban J connectivity index is 1.77. The highest BCUT2D eigenvalue weighted by molar-refractivity contribution is 5.94. The van der Waals surface area contributed by atoms with Gasteiger partial charge in [-0.3, -0.25) is 9.79 Å². The van der Waals surface area contributed by atoms with Crippen LogP contribution in [0.2, 0.25) is 0 Å². The number of rotatable bonds is 9. The van der Waals surface area contributed by atoms with Gasteiger partial charge in [0.05, 0.1) is 7.11 Å². The zero-order valence-corrected chi connectivity index (χ0v) is 17.2. The number of carbonyl (C=O) groups is 1. The van der Waals surface area contributed by atoms with E-state index >= 15 is 0 Å². The number of nitrogens with one attached hydrogen (secondary N) is 3. The van der Waals surface area contributed by atoms with E-state index in [1.54, 1.807) is 37.4 Å². The average Bonchev–Trinajstić information content (AvgIpc) is 2.72. The van der Waals surface area contributed by atoms with Crippen molar-refractivity contribution in [1.82, 2.24) is 16.0 Å². The average molecular weight is 400 g/mol. The first-order valence-corrected chi connectivity index (χ1v) is 9.73. The number of benzene rings is 2. The van der Waals surface area contributed by atoms with Crippen LogP contribution < -0.4 is 20.7 Å². The summed E-state index contributed by atoms with van der Waals surface area (Å²) in [5, 5.41) is 9.25. The van der Waals surface area contributed by atoms with Crippen LogP contribution in [0.5, 0.6) is 5.75 Å². The molecule has 0 heterocycles. The molecule has 0 saturated carbocycles. The second kappa shape index (κ2) is 11.7. The molecule has 2 aromatic carbocycles. The fourth-order valence-electron chi connectivity index (χ4n) is 2.77. The molecule has 0 bridgehead atoms. The molecule has 0 aliphatic heterocycles. The Bertz CT molecular complexity index is 822. The van der Waals surface area contributed by atoms with E-state index in [0.717, 1.165) is 24.1 Å². The molecule has 1 amide bonds. The standard InChI is InChI=1S/C22H29FN4O2/c1-4-24-22(26-12-11-17-5-8-19(23)15-16(17)2)27-14-13-25-21(28)18-6-9-20(29-3)10-7-18/h5-10,15H,4,11-14H2,1-3H3,(H,25,28)(H2,24,26,27). The van der Waals surface area contributed by atoms with Crippen LogP contribution in [-0.4, -0.2) is 45.2 Å². The minimum Gasteiger partial charge on any atom is -0.497 e. The summed E-state index contributed by atoms with van der Waals surface area (Å²) < 4.78 is 18.3. The third kappa shape index (κ3) is 7.44. The van der Waals surface area contributed by atoms with Crippen LogP contribution >= 0.6 is 0 Å². The van der Waals surface area contributed by atoms with E-state index in [4.69, 9.17) is 4.74 Å². The lowest BCUT2D eigenvalue weighted by molar-refractivity contribution is 0.0954. The van der Waals surface area contributed by atoms with Crippen molar-refractivity contribution in [3.63, 3.8) is 0 Å². The summed E-state index contributed by atoms with van der Waals surface area (Å²) in [7, 11) is 1.59. The van der Waals surface area contributed by atoms with Gasteiger partial charge < -0.3 is 20.7 Å². The second-order valence-electron chi connectivity index (χ2n) is 6.49. The molecule has 0 aliphatic carbocycles. The van der Waals surface area contributed by atoms with Gasteiger partial charge in [0.15, 0.2) is 5.96 Å². The quantitative estimate of drug-likeness (QED) is 0.344. The lowest BCUT2D eigenvalue weighted by Gasteiger charge is -2.12. The maximum atomic E-state index is 13.2. The maximum absolute atomic E-state index is 13.2. The predicted molar refractivity (Wildman–Crippen MR) is 114 cm³/mol. The van der Waals surface area contributed by atoms with Gasteiger partial charge in [-0.1, -0.05) is 6.07 Å². The van der Waals surface area contributed by atoms with Crippen molar-refractivity contribution in [3.8, 4) is 5.75 Å². The highest BCUT2D eigenvalue weighted by atomic mass is 19.1. The van der Waals surface area contributed by atoms with E-state index in [1.165, 1.54) is 12.1 Å². The zero-order valence-electron chi connectivity index (χ0n) is 17.2. The van der Waals surface area contributed by atoms with Crippen molar-refractivity contribution in [2.75, 3.05) is 33.3 Å². The van der Waals surface area contributed by atoms with Gasteiger partial charge in [0.2, 0.25) is 0 Å². The molecule has 6 nitrogen and oxygen atoms in total. The molecule has 156 valence electrons. The number of aryl methyl sites for hydroxylation is 1. The predicted octanol–water partition coefficient (Wildman–Crippen LogP) is 2.67. The third-order valence-electron chi connectivity index (χ3n) is 4.36. The Morgan fingerprint density at radius 1 is 1.07 bits per heavy atom. The molecule has 0 aliphatic rings. The van der Waals surface area contributed by atoms with E-state index < -0.39 is 0 Å². The number of ether oxygens (including phenoxy) is 1. The summed E-state index contributed by atoms with van der Waals surface area (Å²) in [6.07, 6.45) is 0.733. The van der Waals surface area contributed by atoms with Crippen molar-refractivity contribution in [1.29, 1.82) is 0 Å². The summed E-state index contributed by atoms with van der Waals surface area (Å²) in [5.41, 5.74) is 2.60. The van der Waals surface area contributed by atoms with E-state index in [2.05, 4.69) is 20.9 Å². The largest absolute Gasteiger partial charge is 0.497 e. The van der Waals surface area contributed by atoms with Crippen LogP contribution in [0.4, 0.5) is 4.39 Å². The first-order chi connectivity index (χ1) is 14.0. The van der Waals surface area contributed by atoms with Crippen molar-refractivity contribution >= 4 is 11.9 Å². The Hall–Kier alpha value is -3.09. The Kier molecular flexibility index (Phi) is 8.95. The molecule has 29 heavy (non-hydrogen) atoms. The van der Waals surface area contributed by atoms with Crippen LogP contribution in [0.15, 0.2) is 47.5 Å². The molecule has 0 fully saturated rings. The first kappa shape index (κ1) is 22.2. The van der Waals surface area contributed by atoms with Gasteiger partial charge in [-0.15, -0.1) is 0 Å². The van der Waals surface area contributed by atoms with E-state index in [0.29, 0.717) is 36.9 Å². The minimum absolute atomic E-state index is 0.136. The fraction of sp³-hybridized carbons (Fsp3) is 0.364. The zero-order chi connectivity index (χ0) is 21.1. The van der Waals surface area contributed by atoms with Gasteiger partial charge >= 0.3 is 0 Å². The molecule has 0 radical (unpaired) electrons. The molecule has 7 heteroatoms. The molecule has 0 saturated heterocycles. The number of guanidine groups is 1. The SMILES string of the molecule is CCNC(=NCCc1ccc(F)cc1C)NCCNC(=O)c1ccc(OC)cc1. The fourth-order valence-corrected chi connectivity index (χ4v) is 2.77. The summed E-state index contributed by atoms with van der Waals surface area (Å²) in [4.78, 5) is 16.7. The van der Waals surface area contributed by atoms with Gasteiger partial charge in [-0.25, -0.2) is 4.39 Å². The van der Waals surface area contributed by atoms with Crippen molar-refractivity contribution < 1.29 is 13.9 Å². The molecule has 2 rings (SSSR count). The first-order valence-electron chi connectivity index (χ1n) is 9.73. The van der Waals surface area contributed by atoms with Gasteiger partial charge in [-0.05, 0) is 67.8 Å². The molecular weight excluding hydrogens is 371 g/mol. The molecule has 0 atom stereocenters. The number of carbonyl (C=O) groups excluding carboxylic acids is 1. The smallest absolute Gasteiger partial charge is 0.251 e. The molecule has 3 N–H and O–H groups in total. The highest BCUT2D eigenvalue weighted by Crippen LogP contribution is 2.11. The summed E-state index contributed by atoms with van der Waals surface area (Å²) in [5.74, 6) is 1.04. The van der Waals surface area contributed by atoms with E-state index in [9.17, 15) is 9.18 Å². The van der Waals surface area contributed by atoms with Crippen molar-refractivity contribution in [2.45, 2.75) is 20.3 Å². The van der Waals surface area contributed by atoms with Crippen LogP contribution in [-0.2, 0) is 6.42 Å².